The van der Waals surface area contributed by atoms with Gasteiger partial charge in [0.05, 0.1) is 5.56 Å². The number of benzene rings is 1. The highest BCUT2D eigenvalue weighted by atomic mass is 19.1. The van der Waals surface area contributed by atoms with Crippen LogP contribution in [0.25, 0.3) is 10.9 Å². The van der Waals surface area contributed by atoms with E-state index in [9.17, 15) is 18.8 Å². The molecule has 1 aromatic heterocycles. The molecule has 3 rings (SSSR count). The fraction of sp³-hybridized carbons (Fsp3) is 0.389. The molecule has 1 aliphatic rings. The van der Waals surface area contributed by atoms with Crippen LogP contribution < -0.4 is 5.56 Å². The summed E-state index contributed by atoms with van der Waals surface area (Å²) in [4.78, 5) is 42.6. The van der Waals surface area contributed by atoms with Gasteiger partial charge in [-0.3, -0.25) is 14.4 Å². The van der Waals surface area contributed by atoms with Gasteiger partial charge in [0.15, 0.2) is 0 Å². The Hall–Kier alpha value is -2.74. The summed E-state index contributed by atoms with van der Waals surface area (Å²) in [7, 11) is 1.46. The van der Waals surface area contributed by atoms with Gasteiger partial charge in [0.1, 0.15) is 12.4 Å². The third kappa shape index (κ3) is 3.75. The Morgan fingerprint density at radius 2 is 1.88 bits per heavy atom. The Labute approximate surface area is 149 Å². The quantitative estimate of drug-likeness (QED) is 0.884. The van der Waals surface area contributed by atoms with Crippen molar-refractivity contribution in [2.24, 2.45) is 0 Å². The van der Waals surface area contributed by atoms with Crippen molar-refractivity contribution in [1.82, 2.24) is 14.8 Å². The molecule has 2 heterocycles. The predicted molar refractivity (Wildman–Crippen MR) is 93.5 cm³/mol. The number of pyridine rings is 1. The summed E-state index contributed by atoms with van der Waals surface area (Å²) in [5.74, 6) is -0.941. The molecule has 2 aromatic rings. The van der Waals surface area contributed by atoms with E-state index in [1.807, 2.05) is 0 Å². The minimum Gasteiger partial charge on any atom is -0.375 e. The van der Waals surface area contributed by atoms with Crippen LogP contribution in [0.5, 0.6) is 0 Å². The molecule has 1 saturated heterocycles. The third-order valence-corrected chi connectivity index (χ3v) is 4.44. The molecule has 0 bridgehead atoms. The van der Waals surface area contributed by atoms with Gasteiger partial charge in [-0.25, -0.2) is 4.39 Å². The molecule has 0 atom stereocenters. The maximum Gasteiger partial charge on any atom is 0.254 e. The fourth-order valence-electron chi connectivity index (χ4n) is 3.16. The molecule has 0 saturated carbocycles. The third-order valence-electron chi connectivity index (χ3n) is 4.44. The Morgan fingerprint density at radius 3 is 2.65 bits per heavy atom. The number of carbonyl (C=O) groups is 2. The molecule has 26 heavy (non-hydrogen) atoms. The van der Waals surface area contributed by atoms with Crippen molar-refractivity contribution in [2.45, 2.75) is 6.42 Å². The van der Waals surface area contributed by atoms with Crippen molar-refractivity contribution in [3.63, 3.8) is 0 Å². The number of nitrogens with zero attached hydrogens (tertiary/aromatic N) is 2. The van der Waals surface area contributed by atoms with Crippen molar-refractivity contribution in [1.29, 1.82) is 0 Å². The first-order chi connectivity index (χ1) is 12.5. The summed E-state index contributed by atoms with van der Waals surface area (Å²) in [6, 6.07) is 5.11. The van der Waals surface area contributed by atoms with Gasteiger partial charge in [-0.1, -0.05) is 0 Å². The molecule has 0 radical (unpaired) electrons. The molecule has 1 aromatic carbocycles. The van der Waals surface area contributed by atoms with Crippen LogP contribution in [0.4, 0.5) is 4.39 Å². The van der Waals surface area contributed by atoms with Gasteiger partial charge < -0.3 is 19.5 Å². The largest absolute Gasteiger partial charge is 0.375 e. The number of fused-ring (bicyclic) bond motifs is 1. The van der Waals surface area contributed by atoms with Crippen LogP contribution in [-0.2, 0) is 9.53 Å². The second kappa shape index (κ2) is 7.65. The standard InChI is InChI=1S/C18H20FN3O4/c1-26-11-17(24)21-5-2-6-22(8-7-21)18(25)14-10-16(23)20-15-4-3-12(19)9-13(14)15/h3-4,9-10H,2,5-8,11H2,1H3,(H,20,23). The average Bonchev–Trinajstić information content (AvgIpc) is 2.87. The summed E-state index contributed by atoms with van der Waals surface area (Å²) in [6.45, 7) is 1.74. The van der Waals surface area contributed by atoms with Gasteiger partial charge in [0.25, 0.3) is 5.91 Å². The zero-order chi connectivity index (χ0) is 18.7. The number of methoxy groups -OCH3 is 1. The summed E-state index contributed by atoms with van der Waals surface area (Å²) >= 11 is 0. The molecule has 0 spiro atoms. The zero-order valence-electron chi connectivity index (χ0n) is 14.5. The molecule has 2 amide bonds. The smallest absolute Gasteiger partial charge is 0.254 e. The lowest BCUT2D eigenvalue weighted by atomic mass is 10.1. The highest BCUT2D eigenvalue weighted by molar-refractivity contribution is 6.06. The molecule has 0 unspecified atom stereocenters. The second-order valence-corrected chi connectivity index (χ2v) is 6.20. The van der Waals surface area contributed by atoms with E-state index in [1.165, 1.54) is 31.4 Å². The maximum atomic E-state index is 13.6. The Morgan fingerprint density at radius 1 is 1.15 bits per heavy atom. The first-order valence-corrected chi connectivity index (χ1v) is 8.38. The summed E-state index contributed by atoms with van der Waals surface area (Å²) in [5.41, 5.74) is 0.160. The number of ether oxygens (including phenoxy) is 1. The van der Waals surface area contributed by atoms with Crippen LogP contribution in [0, 0.1) is 5.82 Å². The number of H-pyrrole nitrogens is 1. The number of carbonyl (C=O) groups excluding carboxylic acids is 2. The number of halogens is 1. The second-order valence-electron chi connectivity index (χ2n) is 6.20. The molecular weight excluding hydrogens is 341 g/mol. The van der Waals surface area contributed by atoms with Crippen molar-refractivity contribution in [3.05, 3.63) is 46.0 Å². The number of amides is 2. The van der Waals surface area contributed by atoms with E-state index >= 15 is 0 Å². The maximum absolute atomic E-state index is 13.6. The van der Waals surface area contributed by atoms with Gasteiger partial charge in [-0.2, -0.15) is 0 Å². The normalized spacial score (nSPS) is 15.2. The molecular formula is C18H20FN3O4. The summed E-state index contributed by atoms with van der Waals surface area (Å²) in [6.07, 6.45) is 0.622. The molecule has 1 N–H and O–H groups in total. The highest BCUT2D eigenvalue weighted by Gasteiger charge is 2.24. The predicted octanol–water partition coefficient (Wildman–Crippen LogP) is 0.988. The Bertz CT molecular complexity index is 896. The SMILES string of the molecule is COCC(=O)N1CCCN(C(=O)c2cc(=O)[nH]c3ccc(F)cc23)CC1. The van der Waals surface area contributed by atoms with Crippen LogP contribution in [0.2, 0.25) is 0 Å². The van der Waals surface area contributed by atoms with Crippen LogP contribution in [0.1, 0.15) is 16.8 Å². The van der Waals surface area contributed by atoms with Crippen molar-refractivity contribution in [2.75, 3.05) is 39.9 Å². The van der Waals surface area contributed by atoms with Crippen molar-refractivity contribution in [3.8, 4) is 0 Å². The molecule has 1 aliphatic heterocycles. The van der Waals surface area contributed by atoms with Crippen molar-refractivity contribution < 1.29 is 18.7 Å². The zero-order valence-corrected chi connectivity index (χ0v) is 14.5. The topological polar surface area (TPSA) is 82.7 Å². The van der Waals surface area contributed by atoms with Gasteiger partial charge in [0, 0.05) is 50.3 Å². The molecule has 1 fully saturated rings. The van der Waals surface area contributed by atoms with E-state index in [2.05, 4.69) is 4.98 Å². The fourth-order valence-corrected chi connectivity index (χ4v) is 3.16. The van der Waals surface area contributed by atoms with E-state index in [-0.39, 0.29) is 24.0 Å². The monoisotopic (exact) mass is 361 g/mol. The first-order valence-electron chi connectivity index (χ1n) is 8.38. The summed E-state index contributed by atoms with van der Waals surface area (Å²) < 4.78 is 18.5. The first kappa shape index (κ1) is 18.1. The Balaban J connectivity index is 1.86. The molecule has 138 valence electrons. The summed E-state index contributed by atoms with van der Waals surface area (Å²) in [5, 5.41) is 0.367. The number of aromatic amines is 1. The van der Waals surface area contributed by atoms with Crippen LogP contribution in [-0.4, -0.2) is 66.5 Å². The van der Waals surface area contributed by atoms with Gasteiger partial charge in [0.2, 0.25) is 11.5 Å². The van der Waals surface area contributed by atoms with Crippen molar-refractivity contribution >= 4 is 22.7 Å². The lowest BCUT2D eigenvalue weighted by molar-refractivity contribution is -0.135. The number of hydrogen-bond donors (Lipinski definition) is 1. The highest BCUT2D eigenvalue weighted by Crippen LogP contribution is 2.19. The van der Waals surface area contributed by atoms with Crippen LogP contribution in [0.15, 0.2) is 29.1 Å². The number of hydrogen-bond acceptors (Lipinski definition) is 4. The minimum atomic E-state index is -0.481. The Kier molecular flexibility index (Phi) is 5.32. The number of nitrogens with one attached hydrogen (secondary N) is 1. The number of aromatic nitrogens is 1. The van der Waals surface area contributed by atoms with E-state index in [1.54, 1.807) is 9.80 Å². The van der Waals surface area contributed by atoms with E-state index < -0.39 is 11.4 Å². The van der Waals surface area contributed by atoms with E-state index in [0.717, 1.165) is 0 Å². The van der Waals surface area contributed by atoms with Gasteiger partial charge in [-0.15, -0.1) is 0 Å². The lowest BCUT2D eigenvalue weighted by Gasteiger charge is -2.22. The van der Waals surface area contributed by atoms with Crippen LogP contribution >= 0.6 is 0 Å². The number of rotatable bonds is 3. The van der Waals surface area contributed by atoms with Gasteiger partial charge in [-0.05, 0) is 24.6 Å². The van der Waals surface area contributed by atoms with Crippen LogP contribution in [0.3, 0.4) is 0 Å². The van der Waals surface area contributed by atoms with E-state index in [4.69, 9.17) is 4.74 Å². The lowest BCUT2D eigenvalue weighted by Crippen LogP contribution is -2.38. The van der Waals surface area contributed by atoms with Gasteiger partial charge >= 0.3 is 0 Å². The average molecular weight is 361 g/mol. The van der Waals surface area contributed by atoms with E-state index in [0.29, 0.717) is 43.5 Å². The molecule has 8 heteroatoms. The molecule has 7 nitrogen and oxygen atoms in total. The molecule has 0 aliphatic carbocycles. The minimum absolute atomic E-state index is 0.00588.